The molecule has 0 aliphatic carbocycles. The van der Waals surface area contributed by atoms with Gasteiger partial charge in [0.25, 0.3) is 0 Å². The van der Waals surface area contributed by atoms with Crippen molar-refractivity contribution in [2.45, 2.75) is 13.0 Å². The summed E-state index contributed by atoms with van der Waals surface area (Å²) in [5.41, 5.74) is 0.940. The number of benzene rings is 1. The third-order valence-electron chi connectivity index (χ3n) is 2.28. The summed E-state index contributed by atoms with van der Waals surface area (Å²) in [7, 11) is 1.25. The second-order valence-electron chi connectivity index (χ2n) is 3.66. The van der Waals surface area contributed by atoms with Crippen molar-refractivity contribution in [3.63, 3.8) is 0 Å². The minimum absolute atomic E-state index is 0. The van der Waals surface area contributed by atoms with Crippen LogP contribution in [0.4, 0.5) is 0 Å². The molecule has 0 saturated heterocycles. The van der Waals surface area contributed by atoms with Crippen molar-refractivity contribution >= 4 is 11.9 Å². The molecule has 0 aliphatic heterocycles. The number of allylic oxidation sites excluding steroid dienone is 1. The summed E-state index contributed by atoms with van der Waals surface area (Å²) in [6.07, 6.45) is 1.18. The van der Waals surface area contributed by atoms with Crippen LogP contribution in [-0.4, -0.2) is 19.0 Å². The minimum Gasteiger partial charge on any atom is -0.548 e. The fraction of sp³-hybridized carbons (Fsp3) is 0.231. The Labute approximate surface area is 154 Å². The van der Waals surface area contributed by atoms with Gasteiger partial charge in [0.1, 0.15) is 0 Å². The Bertz CT molecular complexity index is 459. The third-order valence-corrected chi connectivity index (χ3v) is 2.28. The molecule has 0 radical (unpaired) electrons. The number of esters is 1. The quantitative estimate of drug-likeness (QED) is 0.358. The molecule has 1 atom stereocenters. The van der Waals surface area contributed by atoms with Crippen molar-refractivity contribution in [3.05, 3.63) is 47.7 Å². The maximum absolute atomic E-state index is 11.1. The van der Waals surface area contributed by atoms with Crippen LogP contribution < -0.4 is 61.8 Å². The summed E-state index contributed by atoms with van der Waals surface area (Å²) in [4.78, 5) is 22.1. The number of ether oxygens (including phenoxy) is 1. The standard InChI is InChI=1S/C13H15NO4.K/c1-9(8-11(15)18-2)14-12(13(16)17)10-6-4-3-5-7-10;/h3-8,12,14H,1-2H3,(H,16,17);/q;+1/p-1/b9-8-;. The molecule has 5 nitrogen and oxygen atoms in total. The van der Waals surface area contributed by atoms with Gasteiger partial charge < -0.3 is 20.0 Å². The first-order valence-corrected chi connectivity index (χ1v) is 5.33. The van der Waals surface area contributed by atoms with Crippen molar-refractivity contribution in [2.24, 2.45) is 0 Å². The number of carboxylic acid groups (broad SMARTS) is 1. The molecule has 0 saturated carbocycles. The SMILES string of the molecule is COC(=O)/C=C(/C)NC(C(=O)[O-])c1ccccc1.[K+]. The molecule has 6 heteroatoms. The van der Waals surface area contributed by atoms with Crippen LogP contribution in [0.3, 0.4) is 0 Å². The predicted molar refractivity (Wildman–Crippen MR) is 63.1 cm³/mol. The fourth-order valence-corrected chi connectivity index (χ4v) is 1.43. The molecule has 0 bridgehead atoms. The molecule has 0 fully saturated rings. The molecule has 1 rings (SSSR count). The molecule has 0 aliphatic rings. The molecule has 1 N–H and O–H groups in total. The topological polar surface area (TPSA) is 78.5 Å². The zero-order valence-corrected chi connectivity index (χ0v) is 14.3. The van der Waals surface area contributed by atoms with Gasteiger partial charge in [-0.1, -0.05) is 30.3 Å². The van der Waals surface area contributed by atoms with Crippen molar-refractivity contribution < 1.29 is 70.8 Å². The molecule has 0 spiro atoms. The van der Waals surface area contributed by atoms with Crippen LogP contribution in [0.15, 0.2) is 42.1 Å². The molecule has 96 valence electrons. The summed E-state index contributed by atoms with van der Waals surface area (Å²) in [6.45, 7) is 1.58. The number of carboxylic acids is 1. The first kappa shape index (κ1) is 18.3. The maximum Gasteiger partial charge on any atom is 1.00 e. The van der Waals surface area contributed by atoms with Crippen LogP contribution in [0.25, 0.3) is 0 Å². The van der Waals surface area contributed by atoms with E-state index in [1.807, 2.05) is 0 Å². The summed E-state index contributed by atoms with van der Waals surface area (Å²) in [5.74, 6) is -1.82. The van der Waals surface area contributed by atoms with Crippen molar-refractivity contribution in [1.29, 1.82) is 0 Å². The summed E-state index contributed by atoms with van der Waals surface area (Å²) < 4.78 is 4.45. The Morgan fingerprint density at radius 2 is 1.89 bits per heavy atom. The Morgan fingerprint density at radius 1 is 1.32 bits per heavy atom. The van der Waals surface area contributed by atoms with Gasteiger partial charge in [-0.2, -0.15) is 0 Å². The number of carbonyl (C=O) groups excluding carboxylic acids is 2. The van der Waals surface area contributed by atoms with E-state index >= 15 is 0 Å². The zero-order valence-electron chi connectivity index (χ0n) is 11.2. The first-order valence-electron chi connectivity index (χ1n) is 5.33. The van der Waals surface area contributed by atoms with Gasteiger partial charge in [0.05, 0.1) is 19.1 Å². The molecule has 1 aromatic carbocycles. The molecule has 0 amide bonds. The molecular formula is C13H14KNO4. The van der Waals surface area contributed by atoms with Gasteiger partial charge in [0.15, 0.2) is 0 Å². The van der Waals surface area contributed by atoms with Crippen molar-refractivity contribution in [3.8, 4) is 0 Å². The van der Waals surface area contributed by atoms with E-state index in [0.29, 0.717) is 11.3 Å². The first-order chi connectivity index (χ1) is 8.54. The number of aliphatic carboxylic acids is 1. The number of methoxy groups -OCH3 is 1. The van der Waals surface area contributed by atoms with E-state index < -0.39 is 18.0 Å². The van der Waals surface area contributed by atoms with Crippen LogP contribution in [0.1, 0.15) is 18.5 Å². The molecule has 0 aromatic heterocycles. The average molecular weight is 287 g/mol. The maximum atomic E-state index is 11.1. The van der Waals surface area contributed by atoms with E-state index in [1.165, 1.54) is 13.2 Å². The van der Waals surface area contributed by atoms with E-state index in [9.17, 15) is 14.7 Å². The molecule has 19 heavy (non-hydrogen) atoms. The van der Waals surface area contributed by atoms with Gasteiger partial charge in [-0.05, 0) is 12.5 Å². The van der Waals surface area contributed by atoms with E-state index in [4.69, 9.17) is 0 Å². The Kier molecular flexibility index (Phi) is 8.95. The van der Waals surface area contributed by atoms with Gasteiger partial charge in [-0.15, -0.1) is 0 Å². The number of hydrogen-bond donors (Lipinski definition) is 1. The van der Waals surface area contributed by atoms with Crippen molar-refractivity contribution in [1.82, 2.24) is 5.32 Å². The van der Waals surface area contributed by atoms with Gasteiger partial charge in [0, 0.05) is 11.8 Å². The zero-order chi connectivity index (χ0) is 13.5. The van der Waals surface area contributed by atoms with Gasteiger partial charge in [-0.3, -0.25) is 0 Å². The fourth-order valence-electron chi connectivity index (χ4n) is 1.43. The van der Waals surface area contributed by atoms with Gasteiger partial charge >= 0.3 is 57.4 Å². The third kappa shape index (κ3) is 6.35. The Balaban J connectivity index is 0.00000324. The predicted octanol–water partition coefficient (Wildman–Crippen LogP) is -2.85. The monoisotopic (exact) mass is 287 g/mol. The molecule has 0 heterocycles. The Morgan fingerprint density at radius 3 is 2.37 bits per heavy atom. The summed E-state index contributed by atoms with van der Waals surface area (Å²) in [5, 5.41) is 13.8. The second kappa shape index (κ2) is 9.27. The second-order valence-corrected chi connectivity index (χ2v) is 3.66. The number of nitrogens with one attached hydrogen (secondary N) is 1. The molecular weight excluding hydrogens is 273 g/mol. The van der Waals surface area contributed by atoms with Gasteiger partial charge in [0.2, 0.25) is 0 Å². The minimum atomic E-state index is -1.26. The van der Waals surface area contributed by atoms with Crippen LogP contribution in [0.5, 0.6) is 0 Å². The van der Waals surface area contributed by atoms with Crippen molar-refractivity contribution in [2.75, 3.05) is 7.11 Å². The Hall–Kier alpha value is -0.664. The van der Waals surface area contributed by atoms with E-state index in [1.54, 1.807) is 37.3 Å². The molecule has 1 unspecified atom stereocenters. The van der Waals surface area contributed by atoms with Gasteiger partial charge in [-0.25, -0.2) is 4.79 Å². The van der Waals surface area contributed by atoms with Crippen LogP contribution in [0.2, 0.25) is 0 Å². The van der Waals surface area contributed by atoms with Crippen LogP contribution >= 0.6 is 0 Å². The number of rotatable bonds is 5. The summed E-state index contributed by atoms with van der Waals surface area (Å²) in [6, 6.07) is 7.57. The van der Waals surface area contributed by atoms with E-state index in [-0.39, 0.29) is 51.4 Å². The van der Waals surface area contributed by atoms with E-state index in [0.717, 1.165) is 0 Å². The average Bonchev–Trinajstić information content (AvgIpc) is 2.36. The normalized spacial score (nSPS) is 12.0. The smallest absolute Gasteiger partial charge is 0.548 e. The summed E-state index contributed by atoms with van der Waals surface area (Å²) >= 11 is 0. The van der Waals surface area contributed by atoms with Crippen LogP contribution in [-0.2, 0) is 14.3 Å². The molecule has 1 aromatic rings. The number of carbonyl (C=O) groups is 2. The van der Waals surface area contributed by atoms with E-state index in [2.05, 4.69) is 10.1 Å². The van der Waals surface area contributed by atoms with Crippen LogP contribution in [0, 0.1) is 0 Å². The largest absolute Gasteiger partial charge is 1.00 e. The number of hydrogen-bond acceptors (Lipinski definition) is 5.